The molecule has 0 radical (unpaired) electrons. The summed E-state index contributed by atoms with van der Waals surface area (Å²) < 4.78 is 7.40. The van der Waals surface area contributed by atoms with Gasteiger partial charge in [-0.15, -0.1) is 0 Å². The van der Waals surface area contributed by atoms with E-state index in [1.54, 1.807) is 6.08 Å². The first-order valence-electron chi connectivity index (χ1n) is 9.26. The van der Waals surface area contributed by atoms with E-state index in [1.807, 2.05) is 37.4 Å². The van der Waals surface area contributed by atoms with Gasteiger partial charge < -0.3 is 9.30 Å². The molecule has 0 amide bonds. The summed E-state index contributed by atoms with van der Waals surface area (Å²) >= 11 is 0. The fourth-order valence-electron chi connectivity index (χ4n) is 3.69. The Balaban J connectivity index is 1.54. The van der Waals surface area contributed by atoms with E-state index < -0.39 is 10.9 Å². The van der Waals surface area contributed by atoms with Crippen LogP contribution in [0.2, 0.25) is 0 Å². The average Bonchev–Trinajstić information content (AvgIpc) is 3.26. The van der Waals surface area contributed by atoms with Gasteiger partial charge in [0, 0.05) is 46.5 Å². The topological polar surface area (TPSA) is 86.7 Å². The number of rotatable bonds is 3. The van der Waals surface area contributed by atoms with Gasteiger partial charge in [0.1, 0.15) is 0 Å². The van der Waals surface area contributed by atoms with Crippen LogP contribution in [-0.2, 0) is 16.6 Å². The van der Waals surface area contributed by atoms with Crippen LogP contribution in [0.3, 0.4) is 0 Å². The van der Waals surface area contributed by atoms with E-state index in [4.69, 9.17) is 4.74 Å². The van der Waals surface area contributed by atoms with E-state index in [1.165, 1.54) is 24.3 Å². The molecule has 0 bridgehead atoms. The zero-order valence-electron chi connectivity index (χ0n) is 15.9. The maximum absolute atomic E-state index is 12.3. The first-order valence-corrected chi connectivity index (χ1v) is 9.26. The number of nitro benzene ring substituents is 1. The van der Waals surface area contributed by atoms with E-state index in [0.29, 0.717) is 5.56 Å². The molecule has 0 saturated carbocycles. The minimum absolute atomic E-state index is 0.0390. The molecule has 0 saturated heterocycles. The zero-order chi connectivity index (χ0) is 20.8. The van der Waals surface area contributed by atoms with Crippen LogP contribution in [0.5, 0.6) is 0 Å². The number of esters is 1. The van der Waals surface area contributed by atoms with Gasteiger partial charge in [-0.05, 0) is 42.0 Å². The lowest BCUT2D eigenvalue weighted by Crippen LogP contribution is -2.05. The predicted molar refractivity (Wildman–Crippen MR) is 114 cm³/mol. The predicted octanol–water partition coefficient (Wildman–Crippen LogP) is 4.58. The summed E-state index contributed by atoms with van der Waals surface area (Å²) in [5, 5.41) is 13.0. The summed E-state index contributed by atoms with van der Waals surface area (Å²) in [5.41, 5.74) is 3.71. The molecule has 1 aliphatic rings. The van der Waals surface area contributed by atoms with Crippen molar-refractivity contribution in [3.05, 3.63) is 93.7 Å². The van der Waals surface area contributed by atoms with E-state index in [0.717, 1.165) is 27.4 Å². The van der Waals surface area contributed by atoms with Crippen LogP contribution >= 0.6 is 0 Å². The summed E-state index contributed by atoms with van der Waals surface area (Å²) in [5.74, 6) is -0.422. The van der Waals surface area contributed by atoms with Gasteiger partial charge in [0.15, 0.2) is 5.70 Å². The molecular formula is C23H15N3O4. The van der Waals surface area contributed by atoms with Crippen molar-refractivity contribution in [2.24, 2.45) is 12.0 Å². The Morgan fingerprint density at radius 1 is 1.00 bits per heavy atom. The Hall–Kier alpha value is -4.26. The smallest absolute Gasteiger partial charge is 0.363 e. The standard InChI is InChI=1S/C23H15N3O4/c1-25-20-5-3-2-4-17(20)18-12-14(6-11-21(18)25)13-19-23(27)30-22(24-19)15-7-9-16(10-8-15)26(28)29/h2-13H,1H3/b19-13+. The molecule has 1 aliphatic heterocycles. The van der Waals surface area contributed by atoms with E-state index >= 15 is 0 Å². The number of nitro groups is 1. The van der Waals surface area contributed by atoms with Crippen LogP contribution < -0.4 is 0 Å². The molecule has 0 aliphatic carbocycles. The van der Waals surface area contributed by atoms with Crippen molar-refractivity contribution in [1.82, 2.24) is 4.57 Å². The summed E-state index contributed by atoms with van der Waals surface area (Å²) in [4.78, 5) is 26.9. The number of benzene rings is 3. The number of carbonyl (C=O) groups excluding carboxylic acids is 1. The van der Waals surface area contributed by atoms with Gasteiger partial charge in [-0.1, -0.05) is 24.3 Å². The van der Waals surface area contributed by atoms with E-state index in [-0.39, 0.29) is 17.3 Å². The SMILES string of the molecule is Cn1c2ccccc2c2cc(/C=C3/N=C(c4ccc([N+](=O)[O-])cc4)OC3=O)ccc21. The number of cyclic esters (lactones) is 1. The molecule has 4 aromatic rings. The minimum Gasteiger partial charge on any atom is -0.402 e. The molecule has 0 spiro atoms. The number of non-ortho nitro benzene ring substituents is 1. The monoisotopic (exact) mass is 397 g/mol. The lowest BCUT2D eigenvalue weighted by molar-refractivity contribution is -0.384. The van der Waals surface area contributed by atoms with Gasteiger partial charge in [0.2, 0.25) is 5.90 Å². The largest absolute Gasteiger partial charge is 0.402 e. The molecule has 5 rings (SSSR count). The van der Waals surface area contributed by atoms with Crippen molar-refractivity contribution >= 4 is 45.4 Å². The third-order valence-electron chi connectivity index (χ3n) is 5.19. The Kier molecular flexibility index (Phi) is 3.96. The highest BCUT2D eigenvalue weighted by atomic mass is 16.6. The fourth-order valence-corrected chi connectivity index (χ4v) is 3.69. The molecule has 30 heavy (non-hydrogen) atoms. The van der Waals surface area contributed by atoms with Crippen molar-refractivity contribution in [3.63, 3.8) is 0 Å². The van der Waals surface area contributed by atoms with Crippen molar-refractivity contribution in [3.8, 4) is 0 Å². The van der Waals surface area contributed by atoms with Crippen LogP contribution in [0.4, 0.5) is 5.69 Å². The summed E-state index contributed by atoms with van der Waals surface area (Å²) in [7, 11) is 2.03. The first-order chi connectivity index (χ1) is 14.5. The maximum atomic E-state index is 12.3. The second-order valence-corrected chi connectivity index (χ2v) is 6.99. The number of aliphatic imine (C=N–C) groups is 1. The van der Waals surface area contributed by atoms with Crippen LogP contribution in [0.15, 0.2) is 77.4 Å². The van der Waals surface area contributed by atoms with Crippen LogP contribution in [0.25, 0.3) is 27.9 Å². The normalized spacial score (nSPS) is 15.0. The lowest BCUT2D eigenvalue weighted by Gasteiger charge is -1.99. The molecule has 3 aromatic carbocycles. The third kappa shape index (κ3) is 2.84. The second kappa shape index (κ2) is 6.66. The van der Waals surface area contributed by atoms with Crippen molar-refractivity contribution < 1.29 is 14.5 Å². The number of aromatic nitrogens is 1. The summed E-state index contributed by atoms with van der Waals surface area (Å²) in [6, 6.07) is 19.8. The molecule has 0 atom stereocenters. The second-order valence-electron chi connectivity index (χ2n) is 6.99. The zero-order valence-corrected chi connectivity index (χ0v) is 15.9. The highest BCUT2D eigenvalue weighted by molar-refractivity contribution is 6.13. The molecule has 1 aromatic heterocycles. The van der Waals surface area contributed by atoms with Crippen LogP contribution in [0.1, 0.15) is 11.1 Å². The Labute approximate surface area is 170 Å². The number of hydrogen-bond donors (Lipinski definition) is 0. The van der Waals surface area contributed by atoms with Crippen molar-refractivity contribution in [1.29, 1.82) is 0 Å². The quantitative estimate of drug-likeness (QED) is 0.219. The fraction of sp³-hybridized carbons (Fsp3) is 0.0435. The molecule has 0 N–H and O–H groups in total. The molecule has 7 heteroatoms. The van der Waals surface area contributed by atoms with Gasteiger partial charge in [-0.25, -0.2) is 9.79 Å². The summed E-state index contributed by atoms with van der Waals surface area (Å²) in [6.07, 6.45) is 1.68. The highest BCUT2D eigenvalue weighted by Crippen LogP contribution is 2.30. The molecular weight excluding hydrogens is 382 g/mol. The van der Waals surface area contributed by atoms with E-state index in [2.05, 4.69) is 21.7 Å². The number of para-hydroxylation sites is 1. The number of ether oxygens (including phenoxy) is 1. The maximum Gasteiger partial charge on any atom is 0.363 e. The molecule has 2 heterocycles. The lowest BCUT2D eigenvalue weighted by atomic mass is 10.1. The van der Waals surface area contributed by atoms with Gasteiger partial charge in [-0.2, -0.15) is 0 Å². The van der Waals surface area contributed by atoms with Gasteiger partial charge >= 0.3 is 5.97 Å². The van der Waals surface area contributed by atoms with Crippen LogP contribution in [0, 0.1) is 10.1 Å². The Bertz CT molecular complexity index is 1410. The van der Waals surface area contributed by atoms with Gasteiger partial charge in [-0.3, -0.25) is 10.1 Å². The van der Waals surface area contributed by atoms with Gasteiger partial charge in [0.05, 0.1) is 4.92 Å². The summed E-state index contributed by atoms with van der Waals surface area (Å²) in [6.45, 7) is 0. The van der Waals surface area contributed by atoms with Crippen LogP contribution in [-0.4, -0.2) is 21.4 Å². The molecule has 146 valence electrons. The number of hydrogen-bond acceptors (Lipinski definition) is 5. The highest BCUT2D eigenvalue weighted by Gasteiger charge is 2.24. The van der Waals surface area contributed by atoms with E-state index in [9.17, 15) is 14.9 Å². The Morgan fingerprint density at radius 2 is 1.73 bits per heavy atom. The number of aryl methyl sites for hydroxylation is 1. The number of nitrogens with zero attached hydrogens (tertiary/aromatic N) is 3. The van der Waals surface area contributed by atoms with Crippen molar-refractivity contribution in [2.75, 3.05) is 0 Å². The molecule has 7 nitrogen and oxygen atoms in total. The molecule has 0 fully saturated rings. The molecule has 0 unspecified atom stereocenters. The first kappa shape index (κ1) is 17.8. The third-order valence-corrected chi connectivity index (χ3v) is 5.19. The van der Waals surface area contributed by atoms with Crippen molar-refractivity contribution in [2.45, 2.75) is 0 Å². The number of fused-ring (bicyclic) bond motifs is 3. The number of carbonyl (C=O) groups is 1. The minimum atomic E-state index is -0.554. The average molecular weight is 397 g/mol. The Morgan fingerprint density at radius 3 is 2.50 bits per heavy atom. The van der Waals surface area contributed by atoms with Gasteiger partial charge in [0.25, 0.3) is 5.69 Å².